The molecule has 0 unspecified atom stereocenters. The Bertz CT molecular complexity index is 1620. The molecular formula is C22H22ClN7O7. The van der Waals surface area contributed by atoms with E-state index < -0.39 is 34.2 Å². The minimum Gasteiger partial charge on any atom is -0.463 e. The lowest BCUT2D eigenvalue weighted by molar-refractivity contribution is -0.384. The van der Waals surface area contributed by atoms with Crippen molar-refractivity contribution in [1.82, 2.24) is 28.9 Å². The first kappa shape index (κ1) is 25.6. The summed E-state index contributed by atoms with van der Waals surface area (Å²) in [7, 11) is 4.14. The molecule has 0 bridgehead atoms. The number of nitro groups is 1. The highest BCUT2D eigenvalue weighted by molar-refractivity contribution is 6.29. The van der Waals surface area contributed by atoms with Crippen LogP contribution in [0.4, 0.5) is 10.5 Å². The Hall–Kier alpha value is -4.46. The Labute approximate surface area is 213 Å². The number of halogens is 1. The number of benzene rings is 1. The molecule has 194 valence electrons. The lowest BCUT2D eigenvalue weighted by Gasteiger charge is -2.34. The van der Waals surface area contributed by atoms with Crippen molar-refractivity contribution < 1.29 is 19.2 Å². The first-order valence-electron chi connectivity index (χ1n) is 11.0. The molecule has 4 rings (SSSR count). The fourth-order valence-electron chi connectivity index (χ4n) is 4.18. The fraction of sp³-hybridized carbons (Fsp3) is 0.318. The van der Waals surface area contributed by atoms with Crippen LogP contribution in [0.3, 0.4) is 0 Å². The molecule has 2 amide bonds. The lowest BCUT2D eigenvalue weighted by Crippen LogP contribution is -2.47. The van der Waals surface area contributed by atoms with Crippen LogP contribution < -0.4 is 16.6 Å². The van der Waals surface area contributed by atoms with Gasteiger partial charge < -0.3 is 14.6 Å². The number of nitrogens with zero attached hydrogens (tertiary/aromatic N) is 6. The molecule has 1 aliphatic rings. The molecule has 0 spiro atoms. The SMILES string of the molecule is CCOC(=O)C1=C(Cn2c(Cl)nc3c2c(=O)n(C)c(=O)n3C)N(C)C(=O)N[C@@H]1c1cccc([N+](=O)[O-])c1. The van der Waals surface area contributed by atoms with Crippen LogP contribution in [0.1, 0.15) is 18.5 Å². The Morgan fingerprint density at radius 2 is 1.92 bits per heavy atom. The minimum absolute atomic E-state index is 0.0102. The molecule has 3 heterocycles. The second kappa shape index (κ2) is 9.54. The average Bonchev–Trinajstić information content (AvgIpc) is 3.20. The summed E-state index contributed by atoms with van der Waals surface area (Å²) in [6.07, 6.45) is 0. The van der Waals surface area contributed by atoms with Crippen molar-refractivity contribution in [3.05, 3.63) is 77.3 Å². The third kappa shape index (κ3) is 4.24. The standard InChI is InChI=1S/C22H22ClN7O7/c1-5-37-19(32)14-13(10-29-16-17(25-20(29)23)27(3)22(34)28(4)18(16)31)26(2)21(33)24-15(14)11-7-6-8-12(9-11)30(35)36/h6-9,15H,5,10H2,1-4H3,(H,24,33)/t15-/m1/s1. The van der Waals surface area contributed by atoms with E-state index in [0.29, 0.717) is 0 Å². The molecule has 0 fully saturated rings. The summed E-state index contributed by atoms with van der Waals surface area (Å²) < 4.78 is 8.59. The summed E-state index contributed by atoms with van der Waals surface area (Å²) in [5, 5.41) is 13.9. The predicted molar refractivity (Wildman–Crippen MR) is 131 cm³/mol. The van der Waals surface area contributed by atoms with E-state index in [2.05, 4.69) is 10.3 Å². The first-order valence-corrected chi connectivity index (χ1v) is 11.4. The largest absolute Gasteiger partial charge is 0.463 e. The van der Waals surface area contributed by atoms with E-state index >= 15 is 0 Å². The molecule has 3 aromatic rings. The van der Waals surface area contributed by atoms with Gasteiger partial charge >= 0.3 is 17.7 Å². The van der Waals surface area contributed by atoms with Crippen LogP contribution in [-0.2, 0) is 30.2 Å². The number of non-ortho nitro benzene ring substituents is 1. The van der Waals surface area contributed by atoms with Crippen molar-refractivity contribution >= 4 is 40.5 Å². The molecule has 0 radical (unpaired) electrons. The highest BCUT2D eigenvalue weighted by atomic mass is 35.5. The molecule has 0 saturated carbocycles. The summed E-state index contributed by atoms with van der Waals surface area (Å²) >= 11 is 6.37. The number of aryl methyl sites for hydroxylation is 1. The topological polar surface area (TPSA) is 164 Å². The van der Waals surface area contributed by atoms with Gasteiger partial charge in [0.15, 0.2) is 11.2 Å². The normalized spacial score (nSPS) is 15.8. The zero-order valence-corrected chi connectivity index (χ0v) is 21.0. The Kier molecular flexibility index (Phi) is 6.61. The van der Waals surface area contributed by atoms with Crippen molar-refractivity contribution in [3.63, 3.8) is 0 Å². The molecule has 14 nitrogen and oxygen atoms in total. The number of imidazole rings is 1. The maximum absolute atomic E-state index is 13.2. The number of amides is 2. The predicted octanol–water partition coefficient (Wildman–Crippen LogP) is 1.21. The number of urea groups is 1. The monoisotopic (exact) mass is 531 g/mol. The smallest absolute Gasteiger partial charge is 0.338 e. The second-order valence-corrected chi connectivity index (χ2v) is 8.56. The van der Waals surface area contributed by atoms with Crippen molar-refractivity contribution in [2.24, 2.45) is 14.1 Å². The summed E-state index contributed by atoms with van der Waals surface area (Å²) in [4.78, 5) is 67.6. The Balaban J connectivity index is 1.99. The van der Waals surface area contributed by atoms with Gasteiger partial charge in [-0.2, -0.15) is 4.98 Å². The maximum Gasteiger partial charge on any atom is 0.338 e. The van der Waals surface area contributed by atoms with Crippen molar-refractivity contribution in [1.29, 1.82) is 0 Å². The Morgan fingerprint density at radius 3 is 2.57 bits per heavy atom. The number of ether oxygens (including phenoxy) is 1. The van der Waals surface area contributed by atoms with Crippen LogP contribution in [0.15, 0.2) is 45.1 Å². The molecule has 1 aromatic carbocycles. The minimum atomic E-state index is -1.10. The van der Waals surface area contributed by atoms with Crippen LogP contribution in [0.25, 0.3) is 11.2 Å². The van der Waals surface area contributed by atoms with Gasteiger partial charge in [0.25, 0.3) is 11.2 Å². The Morgan fingerprint density at radius 1 is 1.22 bits per heavy atom. The van der Waals surface area contributed by atoms with Gasteiger partial charge in [-0.1, -0.05) is 12.1 Å². The first-order chi connectivity index (χ1) is 17.5. The van der Waals surface area contributed by atoms with Crippen LogP contribution in [0.5, 0.6) is 0 Å². The highest BCUT2D eigenvalue weighted by Crippen LogP contribution is 2.34. The van der Waals surface area contributed by atoms with E-state index in [1.54, 1.807) is 6.92 Å². The summed E-state index contributed by atoms with van der Waals surface area (Å²) in [5.41, 5.74) is -1.12. The molecule has 1 aliphatic heterocycles. The zero-order chi connectivity index (χ0) is 27.2. The highest BCUT2D eigenvalue weighted by Gasteiger charge is 2.38. The number of carbonyl (C=O) groups is 2. The number of fused-ring (bicyclic) bond motifs is 1. The van der Waals surface area contributed by atoms with Crippen LogP contribution in [0.2, 0.25) is 5.28 Å². The molecule has 15 heteroatoms. The van der Waals surface area contributed by atoms with Crippen molar-refractivity contribution in [2.45, 2.75) is 19.5 Å². The number of hydrogen-bond donors (Lipinski definition) is 1. The van der Waals surface area contributed by atoms with E-state index in [9.17, 15) is 29.3 Å². The van der Waals surface area contributed by atoms with Gasteiger partial charge in [-0.15, -0.1) is 0 Å². The molecule has 0 saturated heterocycles. The summed E-state index contributed by atoms with van der Waals surface area (Å²) in [5.74, 6) is -0.776. The number of nitrogens with one attached hydrogen (secondary N) is 1. The van der Waals surface area contributed by atoms with E-state index in [0.717, 1.165) is 14.0 Å². The van der Waals surface area contributed by atoms with E-state index in [4.69, 9.17) is 16.3 Å². The van der Waals surface area contributed by atoms with Gasteiger partial charge in [0.2, 0.25) is 5.28 Å². The van der Waals surface area contributed by atoms with Crippen LogP contribution >= 0.6 is 11.6 Å². The lowest BCUT2D eigenvalue weighted by atomic mass is 9.94. The van der Waals surface area contributed by atoms with E-state index in [1.807, 2.05) is 0 Å². The van der Waals surface area contributed by atoms with Gasteiger partial charge in [0.05, 0.1) is 35.4 Å². The number of hydrogen-bond acceptors (Lipinski definition) is 8. The molecule has 1 atom stereocenters. The maximum atomic E-state index is 13.2. The quantitative estimate of drug-likeness (QED) is 0.214. The number of likely N-dealkylation sites (N-methyl/N-ethyl adjacent to an activating group) is 1. The number of nitro benzene ring substituents is 1. The fourth-order valence-corrected chi connectivity index (χ4v) is 4.40. The molecular weight excluding hydrogens is 510 g/mol. The number of esters is 1. The number of allylic oxidation sites excluding steroid dienone is 1. The molecule has 37 heavy (non-hydrogen) atoms. The molecule has 0 aliphatic carbocycles. The number of rotatable bonds is 6. The van der Waals surface area contributed by atoms with Gasteiger partial charge in [0, 0.05) is 33.3 Å². The molecule has 2 aromatic heterocycles. The third-order valence-corrected chi connectivity index (χ3v) is 6.38. The van der Waals surface area contributed by atoms with Crippen LogP contribution in [0, 0.1) is 10.1 Å². The van der Waals surface area contributed by atoms with Crippen molar-refractivity contribution in [3.8, 4) is 0 Å². The van der Waals surface area contributed by atoms with Gasteiger partial charge in [0.1, 0.15) is 0 Å². The summed E-state index contributed by atoms with van der Waals surface area (Å²) in [6.45, 7) is 1.36. The zero-order valence-electron chi connectivity index (χ0n) is 20.2. The average molecular weight is 532 g/mol. The van der Waals surface area contributed by atoms with Gasteiger partial charge in [-0.3, -0.25) is 28.9 Å². The third-order valence-electron chi connectivity index (χ3n) is 6.10. The second-order valence-electron chi connectivity index (χ2n) is 8.22. The number of carbonyl (C=O) groups excluding carboxylic acids is 2. The van der Waals surface area contributed by atoms with Gasteiger partial charge in [-0.25, -0.2) is 14.4 Å². The van der Waals surface area contributed by atoms with Crippen molar-refractivity contribution in [2.75, 3.05) is 13.7 Å². The summed E-state index contributed by atoms with van der Waals surface area (Å²) in [6, 6.07) is 3.79. The van der Waals surface area contributed by atoms with Crippen LogP contribution in [-0.4, -0.2) is 54.2 Å². The van der Waals surface area contributed by atoms with E-state index in [1.165, 1.54) is 50.0 Å². The number of aromatic nitrogens is 4. The van der Waals surface area contributed by atoms with E-state index in [-0.39, 0.29) is 52.1 Å². The van der Waals surface area contributed by atoms with Gasteiger partial charge in [-0.05, 0) is 24.1 Å². The molecule has 1 N–H and O–H groups in total.